The molecule has 36 heavy (non-hydrogen) atoms. The zero-order valence-electron chi connectivity index (χ0n) is 20.7. The molecule has 0 bridgehead atoms. The Morgan fingerprint density at radius 2 is 2.08 bits per heavy atom. The van der Waals surface area contributed by atoms with Crippen LogP contribution in [0.3, 0.4) is 0 Å². The number of carboxylic acids is 1. The second-order valence-corrected chi connectivity index (χ2v) is 9.71. The fraction of sp³-hybridized carbons (Fsp3) is 0.448. The number of fused-ring (bicyclic) bond motifs is 1. The third-order valence-corrected chi connectivity index (χ3v) is 7.35. The predicted molar refractivity (Wildman–Crippen MR) is 136 cm³/mol. The first kappa shape index (κ1) is 26.0. The summed E-state index contributed by atoms with van der Waals surface area (Å²) in [7, 11) is 1.58. The van der Waals surface area contributed by atoms with Gasteiger partial charge < -0.3 is 14.7 Å². The number of halogens is 2. The zero-order chi connectivity index (χ0) is 25.5. The summed E-state index contributed by atoms with van der Waals surface area (Å²) in [4.78, 5) is 18.6. The fourth-order valence-electron chi connectivity index (χ4n) is 5.32. The molecule has 0 saturated carbocycles. The number of pyridine rings is 1. The SMILES string of the molecule is COc1ccc2nccc([C@H](F)CC[C@@H]3CCN(CCCCc4cccc(F)c4)C[C@@H]3C(=O)O)c2c1. The number of ether oxygens (including phenoxy) is 1. The number of nitrogens with zero attached hydrogens (tertiary/aromatic N) is 2. The summed E-state index contributed by atoms with van der Waals surface area (Å²) in [6.07, 6.45) is 4.63. The van der Waals surface area contributed by atoms with E-state index in [1.165, 1.54) is 6.07 Å². The molecule has 192 valence electrons. The van der Waals surface area contributed by atoms with Gasteiger partial charge in [0, 0.05) is 18.1 Å². The minimum absolute atomic E-state index is 0.0491. The summed E-state index contributed by atoms with van der Waals surface area (Å²) in [5.74, 6) is -0.918. The lowest BCUT2D eigenvalue weighted by atomic mass is 9.81. The van der Waals surface area contributed by atoms with Crippen LogP contribution in [0.2, 0.25) is 0 Å². The third kappa shape index (κ3) is 6.58. The monoisotopic (exact) mass is 496 g/mol. The molecular weight excluding hydrogens is 462 g/mol. The molecule has 1 aromatic heterocycles. The molecule has 0 amide bonds. The Morgan fingerprint density at radius 1 is 1.22 bits per heavy atom. The minimum atomic E-state index is -1.20. The number of rotatable bonds is 11. The van der Waals surface area contributed by atoms with Crippen molar-refractivity contribution in [1.82, 2.24) is 9.88 Å². The topological polar surface area (TPSA) is 62.7 Å². The van der Waals surface area contributed by atoms with Crippen molar-refractivity contribution >= 4 is 16.9 Å². The maximum atomic E-state index is 15.4. The Hall–Kier alpha value is -3.06. The largest absolute Gasteiger partial charge is 0.497 e. The number of hydrogen-bond acceptors (Lipinski definition) is 4. The number of aliphatic carboxylic acids is 1. The van der Waals surface area contributed by atoms with Crippen molar-refractivity contribution in [3.05, 3.63) is 71.7 Å². The number of likely N-dealkylation sites (tertiary alicyclic amines) is 1. The van der Waals surface area contributed by atoms with E-state index >= 15 is 4.39 Å². The number of piperidine rings is 1. The van der Waals surface area contributed by atoms with Gasteiger partial charge in [0.2, 0.25) is 0 Å². The standard InChI is InChI=1S/C29H34F2N2O3/c1-36-23-9-11-28-25(18-23)24(12-14-32-28)27(31)10-8-21-13-16-33(19-26(21)29(34)35)15-3-2-5-20-6-4-7-22(30)17-20/h4,6-7,9,11-12,14,17-18,21,26-27H,2-3,5,8,10,13,15-16,19H2,1H3,(H,34,35)/t21-,26+,27-/m1/s1. The first-order chi connectivity index (χ1) is 17.4. The van der Waals surface area contributed by atoms with E-state index in [0.717, 1.165) is 49.7 Å². The summed E-state index contributed by atoms with van der Waals surface area (Å²) in [6, 6.07) is 13.8. The molecule has 1 fully saturated rings. The maximum absolute atomic E-state index is 15.4. The number of benzene rings is 2. The molecule has 7 heteroatoms. The Balaban J connectivity index is 1.29. The Morgan fingerprint density at radius 3 is 2.86 bits per heavy atom. The highest BCUT2D eigenvalue weighted by Gasteiger charge is 2.34. The second kappa shape index (κ2) is 12.3. The van der Waals surface area contributed by atoms with Crippen LogP contribution in [-0.4, -0.2) is 47.7 Å². The van der Waals surface area contributed by atoms with Crippen molar-refractivity contribution < 1.29 is 23.4 Å². The molecule has 2 aromatic carbocycles. The molecule has 1 N–H and O–H groups in total. The number of carbonyl (C=O) groups is 1. The minimum Gasteiger partial charge on any atom is -0.497 e. The van der Waals surface area contributed by atoms with Crippen molar-refractivity contribution in [2.75, 3.05) is 26.7 Å². The maximum Gasteiger partial charge on any atom is 0.308 e. The van der Waals surface area contributed by atoms with Crippen LogP contribution in [0.5, 0.6) is 5.75 Å². The first-order valence-electron chi connectivity index (χ1n) is 12.7. The van der Waals surface area contributed by atoms with Gasteiger partial charge in [-0.05, 0) is 105 Å². The Bertz CT molecular complexity index is 1170. The van der Waals surface area contributed by atoms with Gasteiger partial charge in [0.15, 0.2) is 0 Å². The van der Waals surface area contributed by atoms with Crippen LogP contribution in [0.25, 0.3) is 10.9 Å². The molecule has 4 rings (SSSR count). The molecule has 3 aromatic rings. The van der Waals surface area contributed by atoms with E-state index in [2.05, 4.69) is 9.88 Å². The van der Waals surface area contributed by atoms with E-state index in [9.17, 15) is 14.3 Å². The second-order valence-electron chi connectivity index (χ2n) is 9.71. The van der Waals surface area contributed by atoms with Gasteiger partial charge >= 0.3 is 5.97 Å². The van der Waals surface area contributed by atoms with Crippen molar-refractivity contribution in [3.8, 4) is 5.75 Å². The van der Waals surface area contributed by atoms with Crippen molar-refractivity contribution in [1.29, 1.82) is 0 Å². The molecule has 2 heterocycles. The Labute approximate surface area is 211 Å². The zero-order valence-corrected chi connectivity index (χ0v) is 20.7. The molecule has 5 nitrogen and oxygen atoms in total. The van der Waals surface area contributed by atoms with Gasteiger partial charge in [0.1, 0.15) is 17.7 Å². The summed E-state index contributed by atoms with van der Waals surface area (Å²) in [5, 5.41) is 10.6. The molecule has 3 atom stereocenters. The van der Waals surface area contributed by atoms with Gasteiger partial charge in [-0.25, -0.2) is 8.78 Å². The third-order valence-electron chi connectivity index (χ3n) is 7.35. The average Bonchev–Trinajstić information content (AvgIpc) is 2.89. The molecule has 0 unspecified atom stereocenters. The number of hydrogen-bond donors (Lipinski definition) is 1. The van der Waals surface area contributed by atoms with E-state index in [4.69, 9.17) is 4.74 Å². The summed E-state index contributed by atoms with van der Waals surface area (Å²) in [5.41, 5.74) is 2.27. The number of aryl methyl sites for hydroxylation is 1. The van der Waals surface area contributed by atoms with E-state index < -0.39 is 18.1 Å². The number of methoxy groups -OCH3 is 1. The predicted octanol–water partition coefficient (Wildman–Crippen LogP) is 6.22. The van der Waals surface area contributed by atoms with Gasteiger partial charge in [0.25, 0.3) is 0 Å². The molecular formula is C29H34F2N2O3. The van der Waals surface area contributed by atoms with E-state index in [0.29, 0.717) is 29.8 Å². The lowest BCUT2D eigenvalue weighted by Gasteiger charge is -2.37. The highest BCUT2D eigenvalue weighted by atomic mass is 19.1. The molecule has 1 aliphatic heterocycles. The molecule has 1 saturated heterocycles. The number of unbranched alkanes of at least 4 members (excludes halogenated alkanes) is 1. The lowest BCUT2D eigenvalue weighted by Crippen LogP contribution is -2.44. The molecule has 0 radical (unpaired) electrons. The molecule has 0 spiro atoms. The number of carboxylic acid groups (broad SMARTS) is 1. The highest BCUT2D eigenvalue weighted by molar-refractivity contribution is 5.83. The fourth-order valence-corrected chi connectivity index (χ4v) is 5.32. The van der Waals surface area contributed by atoms with Crippen LogP contribution in [0.1, 0.15) is 49.4 Å². The van der Waals surface area contributed by atoms with Gasteiger partial charge in [-0.1, -0.05) is 12.1 Å². The lowest BCUT2D eigenvalue weighted by molar-refractivity contribution is -0.146. The highest BCUT2D eigenvalue weighted by Crippen LogP contribution is 2.35. The van der Waals surface area contributed by atoms with E-state index in [1.54, 1.807) is 43.6 Å². The molecule has 0 aliphatic carbocycles. The summed E-state index contributed by atoms with van der Waals surface area (Å²) in [6.45, 7) is 2.13. The van der Waals surface area contributed by atoms with Crippen LogP contribution in [0.15, 0.2) is 54.7 Å². The number of alkyl halides is 1. The van der Waals surface area contributed by atoms with Gasteiger partial charge in [-0.2, -0.15) is 0 Å². The smallest absolute Gasteiger partial charge is 0.308 e. The van der Waals surface area contributed by atoms with E-state index in [1.807, 2.05) is 12.1 Å². The summed E-state index contributed by atoms with van der Waals surface area (Å²) >= 11 is 0. The number of aromatic nitrogens is 1. The van der Waals surface area contributed by atoms with Gasteiger partial charge in [0.05, 0.1) is 18.5 Å². The van der Waals surface area contributed by atoms with Crippen molar-refractivity contribution in [2.45, 2.75) is 44.7 Å². The van der Waals surface area contributed by atoms with Crippen molar-refractivity contribution in [2.24, 2.45) is 11.8 Å². The van der Waals surface area contributed by atoms with Crippen LogP contribution in [0, 0.1) is 17.7 Å². The van der Waals surface area contributed by atoms with Crippen LogP contribution >= 0.6 is 0 Å². The van der Waals surface area contributed by atoms with Crippen LogP contribution in [-0.2, 0) is 11.2 Å². The van der Waals surface area contributed by atoms with Crippen molar-refractivity contribution in [3.63, 3.8) is 0 Å². The van der Waals surface area contributed by atoms with E-state index in [-0.39, 0.29) is 18.2 Å². The summed E-state index contributed by atoms with van der Waals surface area (Å²) < 4.78 is 34.0. The molecule has 1 aliphatic rings. The van der Waals surface area contributed by atoms with Gasteiger partial charge in [-0.3, -0.25) is 9.78 Å². The van der Waals surface area contributed by atoms with Crippen LogP contribution in [0.4, 0.5) is 8.78 Å². The Kier molecular flexibility index (Phi) is 8.86. The van der Waals surface area contributed by atoms with Crippen LogP contribution < -0.4 is 4.74 Å². The van der Waals surface area contributed by atoms with Gasteiger partial charge in [-0.15, -0.1) is 0 Å². The quantitative estimate of drug-likeness (QED) is 0.319. The average molecular weight is 497 g/mol. The first-order valence-corrected chi connectivity index (χ1v) is 12.7. The normalized spacial score (nSPS) is 19.3.